The second-order valence-corrected chi connectivity index (χ2v) is 23.9. The Hall–Kier alpha value is -11.0. The van der Waals surface area contributed by atoms with E-state index in [1.54, 1.807) is 0 Å². The summed E-state index contributed by atoms with van der Waals surface area (Å²) < 4.78 is 4.97. The SMILES string of the molecule is CC1(C)c2cc(-c3nc(-c4ccccc4)nc(-c4ccccc4)n3)ccc2-n2c3ccccc3c3cc(-c4cccc(-c5cc6c7c(c5)c5ccccc5n7-c5ccc(-c7nc(-c8ccccc8)nc(-c8ccccc8)n7)cc5C6(C)C)c4)cc1c32. The van der Waals surface area contributed by atoms with Gasteiger partial charge in [0.25, 0.3) is 0 Å². The first-order valence-electron chi connectivity index (χ1n) is 29.4. The monoisotopic (exact) mass is 1100 g/mol. The molecule has 0 radical (unpaired) electrons. The highest BCUT2D eigenvalue weighted by Gasteiger charge is 2.38. The maximum Gasteiger partial charge on any atom is 0.164 e. The van der Waals surface area contributed by atoms with Crippen molar-refractivity contribution >= 4 is 43.6 Å². The van der Waals surface area contributed by atoms with Gasteiger partial charge in [-0.15, -0.1) is 0 Å². The minimum atomic E-state index is -0.416. The predicted molar refractivity (Wildman–Crippen MR) is 350 cm³/mol. The minimum Gasteiger partial charge on any atom is -0.309 e. The van der Waals surface area contributed by atoms with Crippen LogP contribution in [0.1, 0.15) is 49.9 Å². The van der Waals surface area contributed by atoms with Gasteiger partial charge in [-0.05, 0) is 123 Å². The van der Waals surface area contributed by atoms with Crippen LogP contribution >= 0.6 is 0 Å². The van der Waals surface area contributed by atoms with Crippen LogP contribution in [0.4, 0.5) is 0 Å². The Labute approximate surface area is 497 Å². The maximum absolute atomic E-state index is 5.17. The molecule has 11 aromatic carbocycles. The van der Waals surface area contributed by atoms with Crippen LogP contribution in [0.25, 0.3) is 146 Å². The van der Waals surface area contributed by atoms with Crippen molar-refractivity contribution in [1.82, 2.24) is 39.0 Å². The Morgan fingerprint density at radius 1 is 0.233 bits per heavy atom. The molecular formula is C78H54N8. The molecule has 86 heavy (non-hydrogen) atoms. The van der Waals surface area contributed by atoms with Gasteiger partial charge in [0.2, 0.25) is 0 Å². The summed E-state index contributed by atoms with van der Waals surface area (Å²) >= 11 is 0. The summed E-state index contributed by atoms with van der Waals surface area (Å²) in [6.45, 7) is 9.49. The van der Waals surface area contributed by atoms with E-state index < -0.39 is 10.8 Å². The Morgan fingerprint density at radius 3 is 0.895 bits per heavy atom. The number of para-hydroxylation sites is 2. The highest BCUT2D eigenvalue weighted by molar-refractivity contribution is 6.14. The van der Waals surface area contributed by atoms with Gasteiger partial charge < -0.3 is 9.13 Å². The number of rotatable bonds is 8. The lowest BCUT2D eigenvalue weighted by Crippen LogP contribution is -2.26. The summed E-state index contributed by atoms with van der Waals surface area (Å²) in [4.78, 5) is 30.7. The van der Waals surface area contributed by atoms with E-state index in [1.165, 1.54) is 77.0 Å². The number of nitrogens with zero attached hydrogens (tertiary/aromatic N) is 8. The lowest BCUT2D eigenvalue weighted by Gasteiger charge is -2.35. The summed E-state index contributed by atoms with van der Waals surface area (Å²) in [6, 6.07) is 91.0. The summed E-state index contributed by atoms with van der Waals surface area (Å²) in [7, 11) is 0. The third-order valence-electron chi connectivity index (χ3n) is 18.1. The number of hydrogen-bond acceptors (Lipinski definition) is 6. The van der Waals surface area contributed by atoms with Crippen molar-refractivity contribution in [1.29, 1.82) is 0 Å². The molecule has 406 valence electrons. The first kappa shape index (κ1) is 49.6. The van der Waals surface area contributed by atoms with Gasteiger partial charge in [-0.3, -0.25) is 0 Å². The molecule has 0 N–H and O–H groups in total. The van der Waals surface area contributed by atoms with Crippen LogP contribution in [0, 0.1) is 0 Å². The molecule has 0 aliphatic carbocycles. The zero-order valence-electron chi connectivity index (χ0n) is 47.8. The number of fused-ring (bicyclic) bond motifs is 10. The fourth-order valence-electron chi connectivity index (χ4n) is 13.8. The van der Waals surface area contributed by atoms with Crippen molar-refractivity contribution in [3.63, 3.8) is 0 Å². The van der Waals surface area contributed by atoms with Crippen molar-refractivity contribution in [3.05, 3.63) is 277 Å². The van der Waals surface area contributed by atoms with Crippen LogP contribution in [-0.4, -0.2) is 39.0 Å². The molecule has 17 rings (SSSR count). The summed E-state index contributed by atoms with van der Waals surface area (Å²) in [5, 5.41) is 4.92. The molecule has 0 bridgehead atoms. The molecule has 0 unspecified atom stereocenters. The lowest BCUT2D eigenvalue weighted by molar-refractivity contribution is 0.630. The highest BCUT2D eigenvalue weighted by atomic mass is 15.1. The van der Waals surface area contributed by atoms with Crippen LogP contribution in [-0.2, 0) is 10.8 Å². The van der Waals surface area contributed by atoms with Crippen LogP contribution in [0.15, 0.2) is 255 Å². The van der Waals surface area contributed by atoms with Crippen LogP contribution in [0.3, 0.4) is 0 Å². The molecule has 0 fully saturated rings. The fourth-order valence-corrected chi connectivity index (χ4v) is 13.8. The zero-order valence-corrected chi connectivity index (χ0v) is 47.8. The van der Waals surface area contributed by atoms with E-state index in [9.17, 15) is 0 Å². The second-order valence-electron chi connectivity index (χ2n) is 23.9. The van der Waals surface area contributed by atoms with E-state index in [0.717, 1.165) is 55.9 Å². The Kier molecular flexibility index (Phi) is 10.8. The number of aromatic nitrogens is 8. The Bertz CT molecular complexity index is 4830. The zero-order chi connectivity index (χ0) is 57.4. The van der Waals surface area contributed by atoms with Gasteiger partial charge >= 0.3 is 0 Å². The summed E-state index contributed by atoms with van der Waals surface area (Å²) in [6.07, 6.45) is 0. The maximum atomic E-state index is 5.17. The molecule has 0 saturated heterocycles. The van der Waals surface area contributed by atoms with E-state index >= 15 is 0 Å². The molecule has 15 aromatic rings. The van der Waals surface area contributed by atoms with E-state index in [1.807, 2.05) is 72.8 Å². The van der Waals surface area contributed by atoms with E-state index in [-0.39, 0.29) is 0 Å². The third kappa shape index (κ3) is 7.62. The van der Waals surface area contributed by atoms with E-state index in [2.05, 4.69) is 219 Å². The van der Waals surface area contributed by atoms with E-state index in [0.29, 0.717) is 34.9 Å². The van der Waals surface area contributed by atoms with Gasteiger partial charge in [0.1, 0.15) is 0 Å². The third-order valence-corrected chi connectivity index (χ3v) is 18.1. The standard InChI is InChI=1S/C78H54N8/c1-77(2)61-43-53(75-81-71(47-22-9-5-10-23-47)79-72(82-75)48-24-11-6-12-25-48)36-38-67(61)85-65-34-19-17-32-57(65)59-41-55(45-63(77)69(59)85)51-30-21-31-52(40-51)56-42-60-58-33-18-20-35-66(58)86-68-39-37-54(44-62(68)78(3,4)64(46-56)70(60)86)76-83-73(49-26-13-7-14-27-49)80-74(84-76)50-28-15-8-16-29-50/h5-46H,1-4H3. The van der Waals surface area contributed by atoms with Crippen LogP contribution in [0.2, 0.25) is 0 Å². The fraction of sp³-hybridized carbons (Fsp3) is 0.0769. The molecule has 0 saturated carbocycles. The molecule has 8 heteroatoms. The average molecular weight is 1100 g/mol. The molecule has 2 aliphatic heterocycles. The largest absolute Gasteiger partial charge is 0.309 e. The topological polar surface area (TPSA) is 87.2 Å². The first-order valence-corrected chi connectivity index (χ1v) is 29.4. The van der Waals surface area contributed by atoms with Crippen molar-refractivity contribution in [2.75, 3.05) is 0 Å². The lowest BCUT2D eigenvalue weighted by atomic mass is 9.73. The molecule has 2 aliphatic rings. The molecular weight excluding hydrogens is 1050 g/mol. The minimum absolute atomic E-state index is 0.416. The molecule has 0 atom stereocenters. The van der Waals surface area contributed by atoms with Gasteiger partial charge in [-0.25, -0.2) is 29.9 Å². The average Bonchev–Trinajstić information content (AvgIpc) is 1.73. The summed E-state index contributed by atoms with van der Waals surface area (Å²) in [5.41, 5.74) is 21.6. The van der Waals surface area contributed by atoms with Crippen LogP contribution in [0.5, 0.6) is 0 Å². The smallest absolute Gasteiger partial charge is 0.164 e. The van der Waals surface area contributed by atoms with Gasteiger partial charge in [0, 0.05) is 65.8 Å². The molecule has 0 spiro atoms. The van der Waals surface area contributed by atoms with Crippen molar-refractivity contribution in [2.45, 2.75) is 38.5 Å². The van der Waals surface area contributed by atoms with Crippen molar-refractivity contribution in [2.24, 2.45) is 0 Å². The highest BCUT2D eigenvalue weighted by Crippen LogP contribution is 2.52. The number of benzene rings is 11. The molecule has 8 nitrogen and oxygen atoms in total. The normalized spacial score (nSPS) is 13.5. The Balaban J connectivity index is 0.796. The van der Waals surface area contributed by atoms with Crippen molar-refractivity contribution in [3.8, 4) is 102 Å². The Morgan fingerprint density at radius 2 is 0.535 bits per heavy atom. The predicted octanol–water partition coefficient (Wildman–Crippen LogP) is 18.9. The van der Waals surface area contributed by atoms with Gasteiger partial charge in [-0.1, -0.05) is 204 Å². The van der Waals surface area contributed by atoms with Gasteiger partial charge in [-0.2, -0.15) is 0 Å². The molecule has 0 amide bonds. The van der Waals surface area contributed by atoms with Gasteiger partial charge in [0.05, 0.1) is 33.4 Å². The summed E-state index contributed by atoms with van der Waals surface area (Å²) in [5.74, 6) is 3.85. The van der Waals surface area contributed by atoms with E-state index in [4.69, 9.17) is 29.9 Å². The second kappa shape index (κ2) is 18.8. The first-order chi connectivity index (χ1) is 42.1. The van der Waals surface area contributed by atoms with Gasteiger partial charge in [0.15, 0.2) is 34.9 Å². The van der Waals surface area contributed by atoms with Crippen molar-refractivity contribution < 1.29 is 0 Å². The molecule has 4 aromatic heterocycles. The van der Waals surface area contributed by atoms with Crippen LogP contribution < -0.4 is 0 Å². The molecule has 6 heterocycles. The number of hydrogen-bond donors (Lipinski definition) is 0. The quantitative estimate of drug-likeness (QED) is 0.151.